The molecule has 7 nitrogen and oxygen atoms in total. The van der Waals surface area contributed by atoms with Crippen LogP contribution in [0.5, 0.6) is 0 Å². The highest BCUT2D eigenvalue weighted by Crippen LogP contribution is 2.23. The average Bonchev–Trinajstić information content (AvgIpc) is 3.04. The van der Waals surface area contributed by atoms with Crippen LogP contribution in [0.15, 0.2) is 35.4 Å². The molecule has 9 heteroatoms. The minimum absolute atomic E-state index is 0.0320. The molecule has 2 heterocycles. The van der Waals surface area contributed by atoms with Crippen LogP contribution < -0.4 is 4.72 Å². The number of anilines is 1. The van der Waals surface area contributed by atoms with Gasteiger partial charge in [0.15, 0.2) is 0 Å². The van der Waals surface area contributed by atoms with Crippen molar-refractivity contribution in [1.29, 1.82) is 0 Å². The third-order valence-corrected chi connectivity index (χ3v) is 5.64. The number of amides is 1. The Hall–Kier alpha value is -2.39. The first-order chi connectivity index (χ1) is 12.3. The van der Waals surface area contributed by atoms with Crippen molar-refractivity contribution >= 4 is 21.6 Å². The van der Waals surface area contributed by atoms with Crippen LogP contribution >= 0.6 is 0 Å². The Morgan fingerprint density at radius 1 is 1.27 bits per heavy atom. The third kappa shape index (κ3) is 3.58. The highest BCUT2D eigenvalue weighted by atomic mass is 32.2. The fraction of sp³-hybridized carbons (Fsp3) is 0.353. The zero-order valence-electron chi connectivity index (χ0n) is 14.5. The molecule has 0 unspecified atom stereocenters. The molecule has 1 N–H and O–H groups in total. The monoisotopic (exact) mass is 381 g/mol. The highest BCUT2D eigenvalue weighted by molar-refractivity contribution is 7.92. The molecule has 0 atom stereocenters. The van der Waals surface area contributed by atoms with Gasteiger partial charge in [-0.1, -0.05) is 6.07 Å². The summed E-state index contributed by atoms with van der Waals surface area (Å²) in [5.41, 5.74) is 0.863. The molecule has 1 amide bonds. The van der Waals surface area contributed by atoms with Crippen LogP contribution in [0, 0.1) is 12.7 Å². The van der Waals surface area contributed by atoms with E-state index in [0.29, 0.717) is 37.5 Å². The topological polar surface area (TPSA) is 80.6 Å². The Bertz CT molecular complexity index is 939. The van der Waals surface area contributed by atoms with Crippen molar-refractivity contribution < 1.29 is 22.3 Å². The van der Waals surface area contributed by atoms with Crippen molar-refractivity contribution in [1.82, 2.24) is 9.47 Å². The van der Waals surface area contributed by atoms with Crippen LogP contribution in [0.25, 0.3) is 0 Å². The molecule has 140 valence electrons. The Morgan fingerprint density at radius 3 is 2.73 bits per heavy atom. The number of hydrogen-bond donors (Lipinski definition) is 1. The number of carbonyl (C=O) groups excluding carboxylic acids is 1. The van der Waals surface area contributed by atoms with Gasteiger partial charge in [-0.15, -0.1) is 0 Å². The van der Waals surface area contributed by atoms with Crippen molar-refractivity contribution in [3.05, 3.63) is 47.5 Å². The van der Waals surface area contributed by atoms with E-state index in [4.69, 9.17) is 4.74 Å². The standard InChI is InChI=1S/C17H20FN3O4S/c1-12-3-4-13(9-15(12)18)19-26(23,24)14-10-16-17(22)20(7-8-25-2)5-6-21(16)11-14/h3-4,9-11,19H,5-8H2,1-2H3. The van der Waals surface area contributed by atoms with Gasteiger partial charge >= 0.3 is 0 Å². The van der Waals surface area contributed by atoms with Gasteiger partial charge in [0.05, 0.1) is 12.3 Å². The normalized spacial score (nSPS) is 14.4. The molecule has 0 aliphatic carbocycles. The maximum atomic E-state index is 13.6. The van der Waals surface area contributed by atoms with Crippen LogP contribution in [-0.2, 0) is 21.3 Å². The molecule has 1 aliphatic heterocycles. The SMILES string of the molecule is COCCN1CCn2cc(S(=O)(=O)Nc3ccc(C)c(F)c3)cc2C1=O. The van der Waals surface area contributed by atoms with Gasteiger partial charge < -0.3 is 14.2 Å². The summed E-state index contributed by atoms with van der Waals surface area (Å²) in [5.74, 6) is -0.735. The second-order valence-corrected chi connectivity index (χ2v) is 7.79. The molecule has 1 aromatic heterocycles. The molecule has 0 saturated heterocycles. The van der Waals surface area contributed by atoms with Crippen molar-refractivity contribution in [3.8, 4) is 0 Å². The van der Waals surface area contributed by atoms with Gasteiger partial charge in [0.25, 0.3) is 15.9 Å². The summed E-state index contributed by atoms with van der Waals surface area (Å²) in [6.45, 7) is 3.44. The molecule has 2 aromatic rings. The molecule has 0 spiro atoms. The van der Waals surface area contributed by atoms with E-state index in [1.54, 1.807) is 23.5 Å². The van der Waals surface area contributed by atoms with E-state index >= 15 is 0 Å². The first kappa shape index (κ1) is 18.4. The fourth-order valence-corrected chi connectivity index (χ4v) is 3.86. The van der Waals surface area contributed by atoms with Crippen LogP contribution in [-0.4, -0.2) is 50.6 Å². The van der Waals surface area contributed by atoms with Crippen molar-refractivity contribution in [2.75, 3.05) is 31.5 Å². The lowest BCUT2D eigenvalue weighted by molar-refractivity contribution is 0.0641. The summed E-state index contributed by atoms with van der Waals surface area (Å²) in [4.78, 5) is 14.1. The predicted molar refractivity (Wildman–Crippen MR) is 94.2 cm³/mol. The van der Waals surface area contributed by atoms with E-state index in [1.165, 1.54) is 24.4 Å². The number of fused-ring (bicyclic) bond motifs is 1. The van der Waals surface area contributed by atoms with E-state index in [-0.39, 0.29) is 16.5 Å². The molecular formula is C17H20FN3O4S. The quantitative estimate of drug-likeness (QED) is 0.828. The first-order valence-corrected chi connectivity index (χ1v) is 9.57. The van der Waals surface area contributed by atoms with E-state index in [0.717, 1.165) is 6.07 Å². The maximum Gasteiger partial charge on any atom is 0.270 e. The summed E-state index contributed by atoms with van der Waals surface area (Å²) in [7, 11) is -2.37. The van der Waals surface area contributed by atoms with Gasteiger partial charge in [0, 0.05) is 32.9 Å². The number of benzene rings is 1. The second-order valence-electron chi connectivity index (χ2n) is 6.11. The minimum Gasteiger partial charge on any atom is -0.383 e. The van der Waals surface area contributed by atoms with Crippen LogP contribution in [0.1, 0.15) is 16.1 Å². The smallest absolute Gasteiger partial charge is 0.270 e. The molecule has 0 saturated carbocycles. The largest absolute Gasteiger partial charge is 0.383 e. The van der Waals surface area contributed by atoms with Crippen molar-refractivity contribution in [3.63, 3.8) is 0 Å². The average molecular weight is 381 g/mol. The Labute approximate surface area is 151 Å². The van der Waals surface area contributed by atoms with Gasteiger partial charge in [0.1, 0.15) is 16.4 Å². The van der Waals surface area contributed by atoms with Crippen LogP contribution in [0.4, 0.5) is 10.1 Å². The van der Waals surface area contributed by atoms with E-state index in [9.17, 15) is 17.6 Å². The van der Waals surface area contributed by atoms with E-state index < -0.39 is 15.8 Å². The number of hydrogen-bond acceptors (Lipinski definition) is 4. The van der Waals surface area contributed by atoms with Crippen LogP contribution in [0.3, 0.4) is 0 Å². The molecule has 3 rings (SSSR count). The Kier molecular flexibility index (Phi) is 5.01. The second kappa shape index (κ2) is 7.08. The lowest BCUT2D eigenvalue weighted by atomic mass is 10.2. The fourth-order valence-electron chi connectivity index (χ4n) is 2.77. The maximum absolute atomic E-state index is 13.6. The highest BCUT2D eigenvalue weighted by Gasteiger charge is 2.28. The van der Waals surface area contributed by atoms with Crippen molar-refractivity contribution in [2.45, 2.75) is 18.4 Å². The first-order valence-electron chi connectivity index (χ1n) is 8.09. The molecule has 1 aliphatic rings. The molecule has 0 bridgehead atoms. The summed E-state index contributed by atoms with van der Waals surface area (Å²) in [5, 5.41) is 0. The Morgan fingerprint density at radius 2 is 2.04 bits per heavy atom. The number of nitrogens with zero attached hydrogens (tertiary/aromatic N) is 2. The van der Waals surface area contributed by atoms with E-state index in [2.05, 4.69) is 4.72 Å². The molecular weight excluding hydrogens is 361 g/mol. The number of nitrogens with one attached hydrogen (secondary N) is 1. The number of aryl methyl sites for hydroxylation is 1. The van der Waals surface area contributed by atoms with Gasteiger partial charge in [-0.2, -0.15) is 0 Å². The van der Waals surface area contributed by atoms with Gasteiger partial charge in [0.2, 0.25) is 0 Å². The molecule has 26 heavy (non-hydrogen) atoms. The third-order valence-electron chi connectivity index (χ3n) is 4.29. The number of sulfonamides is 1. The zero-order valence-corrected chi connectivity index (χ0v) is 15.3. The number of rotatable bonds is 6. The molecule has 0 fully saturated rings. The van der Waals surface area contributed by atoms with Crippen LogP contribution in [0.2, 0.25) is 0 Å². The Balaban J connectivity index is 1.84. The number of carbonyl (C=O) groups is 1. The number of ether oxygens (including phenoxy) is 1. The summed E-state index contributed by atoms with van der Waals surface area (Å²) in [6.07, 6.45) is 1.42. The lowest BCUT2D eigenvalue weighted by Crippen LogP contribution is -2.41. The number of halogens is 1. The van der Waals surface area contributed by atoms with Crippen molar-refractivity contribution in [2.24, 2.45) is 0 Å². The predicted octanol–water partition coefficient (Wildman–Crippen LogP) is 1.84. The molecule has 0 radical (unpaired) electrons. The van der Waals surface area contributed by atoms with Gasteiger partial charge in [-0.05, 0) is 30.7 Å². The van der Waals surface area contributed by atoms with E-state index in [1.807, 2.05) is 0 Å². The van der Waals surface area contributed by atoms with Gasteiger partial charge in [-0.25, -0.2) is 12.8 Å². The summed E-state index contributed by atoms with van der Waals surface area (Å²) in [6, 6.07) is 5.45. The minimum atomic E-state index is -3.93. The lowest BCUT2D eigenvalue weighted by Gasteiger charge is -2.27. The number of aromatic nitrogens is 1. The summed E-state index contributed by atoms with van der Waals surface area (Å²) < 4.78 is 47.8. The van der Waals surface area contributed by atoms with Gasteiger partial charge in [-0.3, -0.25) is 9.52 Å². The number of methoxy groups -OCH3 is 1. The zero-order chi connectivity index (χ0) is 18.9. The summed E-state index contributed by atoms with van der Waals surface area (Å²) >= 11 is 0. The molecule has 1 aromatic carbocycles.